The summed E-state index contributed by atoms with van der Waals surface area (Å²) in [6, 6.07) is 9.35. The van der Waals surface area contributed by atoms with Crippen molar-refractivity contribution in [1.82, 2.24) is 0 Å². The number of hydrogen-bond acceptors (Lipinski definition) is 9. The van der Waals surface area contributed by atoms with Crippen molar-refractivity contribution in [2.45, 2.75) is 38.7 Å². The molecule has 2 rings (SSSR count). The van der Waals surface area contributed by atoms with Crippen LogP contribution in [0.2, 0.25) is 0 Å². The molecule has 0 saturated heterocycles. The average Bonchev–Trinajstić information content (AvgIpc) is 3.47. The molecule has 1 aromatic carbocycles. The summed E-state index contributed by atoms with van der Waals surface area (Å²) in [5, 5.41) is 0. The average molecular weight is 531 g/mol. The molecule has 0 N–H and O–H groups in total. The molecule has 0 aliphatic heterocycles. The van der Waals surface area contributed by atoms with Crippen LogP contribution in [0.1, 0.15) is 32.6 Å². The van der Waals surface area contributed by atoms with Gasteiger partial charge in [0, 0.05) is 24.3 Å². The highest BCUT2D eigenvalue weighted by Crippen LogP contribution is 2.24. The smallest absolute Gasteiger partial charge is 0.330 e. The lowest BCUT2D eigenvalue weighted by Gasteiger charge is -2.10. The Hall–Kier alpha value is -4.14. The van der Waals surface area contributed by atoms with E-state index < -0.39 is 24.0 Å². The summed E-state index contributed by atoms with van der Waals surface area (Å²) in [5.74, 6) is -0.428. The van der Waals surface area contributed by atoms with E-state index in [0.717, 1.165) is 24.0 Å². The number of benzene rings is 1. The Balaban J connectivity index is 0.000000544. The molecule has 0 amide bonds. The third-order valence-electron chi connectivity index (χ3n) is 4.72. The molecule has 9 heteroatoms. The molecule has 1 atom stereocenters. The molecule has 1 aliphatic carbocycles. The summed E-state index contributed by atoms with van der Waals surface area (Å²) < 4.78 is 24.3. The standard InChI is InChI=1S/C11H12O3.C9H12O4.C9H14O2/c1-2-11(12)14-9-8-13-10-6-4-3-5-7-10;1-4-8(10)12-6-7(3)13-9(11)5-2;1-2-9(10)11-7-8-5-3-4-6-8/h2-7H,1,8-9H2;4-5,7H,1-2,6H2,3H3;2,8H,1,3-7H2. The van der Waals surface area contributed by atoms with Gasteiger partial charge in [-0.05, 0) is 37.8 Å². The summed E-state index contributed by atoms with van der Waals surface area (Å²) in [6.07, 6.45) is 8.96. The van der Waals surface area contributed by atoms with Crippen LogP contribution in [-0.2, 0) is 38.1 Å². The van der Waals surface area contributed by atoms with E-state index in [-0.39, 0.29) is 19.2 Å². The summed E-state index contributed by atoms with van der Waals surface area (Å²) in [4.78, 5) is 42.5. The third kappa shape index (κ3) is 19.1. The van der Waals surface area contributed by atoms with E-state index in [1.807, 2.05) is 30.3 Å². The van der Waals surface area contributed by atoms with Crippen molar-refractivity contribution in [1.29, 1.82) is 0 Å². The lowest BCUT2D eigenvalue weighted by atomic mass is 10.1. The Morgan fingerprint density at radius 1 is 0.789 bits per heavy atom. The van der Waals surface area contributed by atoms with Gasteiger partial charge in [-0.1, -0.05) is 57.4 Å². The first-order valence-electron chi connectivity index (χ1n) is 12.1. The maximum absolute atomic E-state index is 10.6. The maximum Gasteiger partial charge on any atom is 0.330 e. The zero-order chi connectivity index (χ0) is 28.6. The molecular weight excluding hydrogens is 492 g/mol. The molecule has 1 unspecified atom stereocenters. The van der Waals surface area contributed by atoms with Crippen LogP contribution < -0.4 is 4.74 Å². The Morgan fingerprint density at radius 3 is 1.87 bits per heavy atom. The van der Waals surface area contributed by atoms with E-state index in [1.54, 1.807) is 6.92 Å². The zero-order valence-electron chi connectivity index (χ0n) is 22.0. The largest absolute Gasteiger partial charge is 0.490 e. The lowest BCUT2D eigenvalue weighted by molar-refractivity contribution is -0.151. The Morgan fingerprint density at radius 2 is 1.32 bits per heavy atom. The molecule has 0 heterocycles. The molecular formula is C29H38O9. The van der Waals surface area contributed by atoms with Gasteiger partial charge in [-0.2, -0.15) is 0 Å². The first-order chi connectivity index (χ1) is 18.2. The lowest BCUT2D eigenvalue weighted by Crippen LogP contribution is -2.20. The molecule has 1 saturated carbocycles. The number of carbonyl (C=O) groups is 4. The van der Waals surface area contributed by atoms with E-state index in [1.165, 1.54) is 31.8 Å². The summed E-state index contributed by atoms with van der Waals surface area (Å²) >= 11 is 0. The minimum atomic E-state index is -0.540. The Labute approximate surface area is 224 Å². The van der Waals surface area contributed by atoms with Gasteiger partial charge in [0.05, 0.1) is 6.61 Å². The van der Waals surface area contributed by atoms with E-state index in [9.17, 15) is 19.2 Å². The van der Waals surface area contributed by atoms with Crippen molar-refractivity contribution in [3.05, 3.63) is 81.0 Å². The number of rotatable bonds is 13. The SMILES string of the molecule is C=CC(=O)OCC(C)OC(=O)C=C.C=CC(=O)OCC1CCCC1.C=CC(=O)OCCOc1ccccc1. The van der Waals surface area contributed by atoms with Crippen LogP contribution in [-0.4, -0.2) is 56.4 Å². The summed E-state index contributed by atoms with van der Waals surface area (Å²) in [7, 11) is 0. The molecule has 1 aliphatic rings. The second-order valence-corrected chi connectivity index (χ2v) is 7.80. The van der Waals surface area contributed by atoms with Gasteiger partial charge in [0.2, 0.25) is 0 Å². The fourth-order valence-electron chi connectivity index (χ4n) is 2.85. The maximum atomic E-state index is 10.6. The van der Waals surface area contributed by atoms with Crippen molar-refractivity contribution < 1.29 is 42.9 Å². The van der Waals surface area contributed by atoms with Crippen molar-refractivity contribution in [2.24, 2.45) is 5.92 Å². The van der Waals surface area contributed by atoms with Gasteiger partial charge in [-0.15, -0.1) is 0 Å². The predicted molar refractivity (Wildman–Crippen MR) is 143 cm³/mol. The molecule has 0 bridgehead atoms. The van der Waals surface area contributed by atoms with Crippen LogP contribution in [0, 0.1) is 5.92 Å². The van der Waals surface area contributed by atoms with Crippen LogP contribution in [0.15, 0.2) is 81.0 Å². The van der Waals surface area contributed by atoms with Crippen molar-refractivity contribution >= 4 is 23.9 Å². The van der Waals surface area contributed by atoms with Gasteiger partial charge in [-0.3, -0.25) is 0 Å². The van der Waals surface area contributed by atoms with Crippen molar-refractivity contribution in [2.75, 3.05) is 26.4 Å². The normalized spacial score (nSPS) is 12.4. The molecule has 1 aromatic rings. The van der Waals surface area contributed by atoms with E-state index in [2.05, 4.69) is 31.1 Å². The second-order valence-electron chi connectivity index (χ2n) is 7.80. The number of para-hydroxylation sites is 1. The highest BCUT2D eigenvalue weighted by molar-refractivity contribution is 5.82. The molecule has 38 heavy (non-hydrogen) atoms. The number of carbonyl (C=O) groups excluding carboxylic acids is 4. The first-order valence-corrected chi connectivity index (χ1v) is 12.1. The minimum absolute atomic E-state index is 0.0183. The second kappa shape index (κ2) is 22.1. The van der Waals surface area contributed by atoms with Gasteiger partial charge in [0.1, 0.15) is 31.7 Å². The molecule has 0 aromatic heterocycles. The minimum Gasteiger partial charge on any atom is -0.490 e. The van der Waals surface area contributed by atoms with Crippen LogP contribution in [0.25, 0.3) is 0 Å². The third-order valence-corrected chi connectivity index (χ3v) is 4.72. The monoisotopic (exact) mass is 530 g/mol. The van der Waals surface area contributed by atoms with Gasteiger partial charge in [0.15, 0.2) is 0 Å². The first kappa shape index (κ1) is 33.9. The van der Waals surface area contributed by atoms with Gasteiger partial charge < -0.3 is 23.7 Å². The van der Waals surface area contributed by atoms with Crippen molar-refractivity contribution in [3.8, 4) is 5.75 Å². The topological polar surface area (TPSA) is 114 Å². The van der Waals surface area contributed by atoms with Crippen LogP contribution in [0.4, 0.5) is 0 Å². The fraction of sp³-hybridized carbons (Fsp3) is 0.379. The van der Waals surface area contributed by atoms with E-state index in [0.29, 0.717) is 19.1 Å². The molecule has 0 spiro atoms. The van der Waals surface area contributed by atoms with Crippen LogP contribution >= 0.6 is 0 Å². The predicted octanol–water partition coefficient (Wildman–Crippen LogP) is 4.53. The van der Waals surface area contributed by atoms with Crippen LogP contribution in [0.5, 0.6) is 5.75 Å². The number of hydrogen-bond donors (Lipinski definition) is 0. The molecule has 9 nitrogen and oxygen atoms in total. The zero-order valence-corrected chi connectivity index (χ0v) is 22.0. The van der Waals surface area contributed by atoms with Gasteiger partial charge in [0.25, 0.3) is 0 Å². The van der Waals surface area contributed by atoms with Crippen LogP contribution in [0.3, 0.4) is 0 Å². The van der Waals surface area contributed by atoms with Crippen molar-refractivity contribution in [3.63, 3.8) is 0 Å². The van der Waals surface area contributed by atoms with E-state index >= 15 is 0 Å². The molecule has 208 valence electrons. The fourth-order valence-corrected chi connectivity index (χ4v) is 2.85. The highest BCUT2D eigenvalue weighted by atomic mass is 16.6. The molecule has 0 radical (unpaired) electrons. The van der Waals surface area contributed by atoms with E-state index in [4.69, 9.17) is 18.9 Å². The summed E-state index contributed by atoms with van der Waals surface area (Å²) in [6.45, 7) is 15.9. The molecule has 1 fully saturated rings. The number of ether oxygens (including phenoxy) is 5. The quantitative estimate of drug-likeness (QED) is 0.157. The summed E-state index contributed by atoms with van der Waals surface area (Å²) in [5.41, 5.74) is 0. The number of esters is 4. The van der Waals surface area contributed by atoms with Gasteiger partial charge in [-0.25, -0.2) is 19.2 Å². The Bertz CT molecular complexity index is 887. The Kier molecular flexibility index (Phi) is 19.7. The van der Waals surface area contributed by atoms with Gasteiger partial charge >= 0.3 is 23.9 Å². The highest BCUT2D eigenvalue weighted by Gasteiger charge is 2.15.